The average molecular weight is 233 g/mol. The molecule has 0 aliphatic heterocycles. The molecule has 0 saturated carbocycles. The maximum atomic E-state index is 5.98. The van der Waals surface area contributed by atoms with Gasteiger partial charge in [-0.15, -0.1) is 11.3 Å². The minimum absolute atomic E-state index is 0.738. The van der Waals surface area contributed by atoms with Crippen LogP contribution >= 0.6 is 11.3 Å². The summed E-state index contributed by atoms with van der Waals surface area (Å²) in [5, 5.41) is 2.06. The lowest BCUT2D eigenvalue weighted by atomic mass is 10.1. The van der Waals surface area contributed by atoms with Gasteiger partial charge in [0.2, 0.25) is 0 Å². The van der Waals surface area contributed by atoms with Gasteiger partial charge in [0.25, 0.3) is 0 Å². The number of nitrogens with two attached hydrogens (primary N) is 2. The van der Waals surface area contributed by atoms with E-state index < -0.39 is 0 Å². The second-order valence-electron chi connectivity index (χ2n) is 3.88. The topological polar surface area (TPSA) is 55.3 Å². The van der Waals surface area contributed by atoms with Gasteiger partial charge in [0.15, 0.2) is 0 Å². The Labute approximate surface area is 99.3 Å². The zero-order chi connectivity index (χ0) is 11.7. The summed E-state index contributed by atoms with van der Waals surface area (Å²) in [6, 6.07) is 7.68. The van der Waals surface area contributed by atoms with E-state index in [-0.39, 0.29) is 0 Å². The number of nitrogen functional groups attached to an aromatic ring is 2. The fraction of sp³-hybridized carbons (Fsp3) is 0.167. The van der Waals surface area contributed by atoms with Crippen molar-refractivity contribution in [3.8, 4) is 10.4 Å². The molecule has 4 N–H and O–H groups in total. The highest BCUT2D eigenvalue weighted by atomic mass is 32.1. The van der Waals surface area contributed by atoms with E-state index >= 15 is 0 Å². The minimum atomic E-state index is 0.738. The van der Waals surface area contributed by atoms with Gasteiger partial charge in [-0.25, -0.2) is 0 Å². The molecule has 3 nitrogen and oxygen atoms in total. The van der Waals surface area contributed by atoms with Crippen LogP contribution in [0.2, 0.25) is 0 Å². The number of hydrogen-bond donors (Lipinski definition) is 2. The van der Waals surface area contributed by atoms with Gasteiger partial charge in [-0.2, -0.15) is 0 Å². The van der Waals surface area contributed by atoms with Crippen molar-refractivity contribution in [2.24, 2.45) is 0 Å². The lowest BCUT2D eigenvalue weighted by molar-refractivity contribution is 1.14. The van der Waals surface area contributed by atoms with Crippen LogP contribution in [0.15, 0.2) is 29.6 Å². The van der Waals surface area contributed by atoms with Gasteiger partial charge in [-0.1, -0.05) is 0 Å². The number of thiophene rings is 1. The van der Waals surface area contributed by atoms with Crippen LogP contribution in [0.5, 0.6) is 0 Å². The monoisotopic (exact) mass is 233 g/mol. The molecule has 2 rings (SSSR count). The average Bonchev–Trinajstić information content (AvgIpc) is 2.70. The molecule has 0 unspecified atom stereocenters. The first kappa shape index (κ1) is 10.8. The second-order valence-corrected chi connectivity index (χ2v) is 4.79. The largest absolute Gasteiger partial charge is 0.399 e. The molecule has 0 saturated heterocycles. The van der Waals surface area contributed by atoms with Gasteiger partial charge in [-0.05, 0) is 29.6 Å². The number of hydrogen-bond acceptors (Lipinski definition) is 4. The first-order chi connectivity index (χ1) is 7.59. The number of benzene rings is 1. The molecule has 84 valence electrons. The van der Waals surface area contributed by atoms with E-state index in [1.165, 1.54) is 5.69 Å². The van der Waals surface area contributed by atoms with Crippen molar-refractivity contribution in [3.05, 3.63) is 29.6 Å². The third kappa shape index (κ3) is 1.84. The molecule has 1 aromatic heterocycles. The van der Waals surface area contributed by atoms with Gasteiger partial charge >= 0.3 is 0 Å². The van der Waals surface area contributed by atoms with Crippen molar-refractivity contribution >= 4 is 28.4 Å². The molecule has 0 atom stereocenters. The highest BCUT2D eigenvalue weighted by Gasteiger charge is 2.11. The van der Waals surface area contributed by atoms with Gasteiger partial charge in [0.1, 0.15) is 0 Å². The Hall–Kier alpha value is -1.68. The SMILES string of the molecule is CN(C)c1ccsc1-c1cc(N)ccc1N. The van der Waals surface area contributed by atoms with E-state index in [1.54, 1.807) is 11.3 Å². The van der Waals surface area contributed by atoms with Crippen molar-refractivity contribution in [1.82, 2.24) is 0 Å². The van der Waals surface area contributed by atoms with E-state index in [2.05, 4.69) is 16.3 Å². The van der Waals surface area contributed by atoms with E-state index in [1.807, 2.05) is 32.3 Å². The first-order valence-corrected chi connectivity index (χ1v) is 5.87. The van der Waals surface area contributed by atoms with Gasteiger partial charge in [-0.3, -0.25) is 0 Å². The van der Waals surface area contributed by atoms with Crippen molar-refractivity contribution < 1.29 is 0 Å². The molecule has 0 aliphatic rings. The molecule has 0 radical (unpaired) electrons. The maximum Gasteiger partial charge on any atom is 0.0597 e. The van der Waals surface area contributed by atoms with E-state index in [4.69, 9.17) is 11.5 Å². The van der Waals surface area contributed by atoms with Crippen molar-refractivity contribution in [2.75, 3.05) is 30.5 Å². The van der Waals surface area contributed by atoms with Crippen molar-refractivity contribution in [3.63, 3.8) is 0 Å². The maximum absolute atomic E-state index is 5.98. The third-order valence-corrected chi connectivity index (χ3v) is 3.39. The summed E-state index contributed by atoms with van der Waals surface area (Å²) in [5.74, 6) is 0. The van der Waals surface area contributed by atoms with Crippen LogP contribution in [0.3, 0.4) is 0 Å². The number of nitrogens with zero attached hydrogens (tertiary/aromatic N) is 1. The molecule has 4 heteroatoms. The molecular weight excluding hydrogens is 218 g/mol. The standard InChI is InChI=1S/C12H15N3S/c1-15(2)11-5-6-16-12(11)9-7-8(13)3-4-10(9)14/h3-7H,13-14H2,1-2H3. The van der Waals surface area contributed by atoms with Crippen molar-refractivity contribution in [2.45, 2.75) is 0 Å². The highest BCUT2D eigenvalue weighted by Crippen LogP contribution is 2.38. The molecule has 2 aromatic rings. The Balaban J connectivity index is 2.58. The zero-order valence-electron chi connectivity index (χ0n) is 9.40. The van der Waals surface area contributed by atoms with Gasteiger partial charge in [0, 0.05) is 31.0 Å². The molecule has 1 aromatic carbocycles. The second kappa shape index (κ2) is 4.06. The van der Waals surface area contributed by atoms with E-state index in [9.17, 15) is 0 Å². The molecule has 0 fully saturated rings. The molecular formula is C12H15N3S. The molecule has 1 heterocycles. The molecule has 0 amide bonds. The predicted molar refractivity (Wildman–Crippen MR) is 72.9 cm³/mol. The summed E-state index contributed by atoms with van der Waals surface area (Å²) in [7, 11) is 4.04. The van der Waals surface area contributed by atoms with Crippen molar-refractivity contribution in [1.29, 1.82) is 0 Å². The summed E-state index contributed by atoms with van der Waals surface area (Å²) < 4.78 is 0. The molecule has 0 bridgehead atoms. The smallest absolute Gasteiger partial charge is 0.0597 e. The molecule has 0 aliphatic carbocycles. The first-order valence-electron chi connectivity index (χ1n) is 5.00. The molecule has 0 spiro atoms. The normalized spacial score (nSPS) is 10.4. The lowest BCUT2D eigenvalue weighted by Gasteiger charge is -2.14. The minimum Gasteiger partial charge on any atom is -0.399 e. The summed E-state index contributed by atoms with van der Waals surface area (Å²) >= 11 is 1.68. The Morgan fingerprint density at radius 1 is 1.12 bits per heavy atom. The molecule has 16 heavy (non-hydrogen) atoms. The van der Waals surface area contributed by atoms with Crippen LogP contribution in [-0.2, 0) is 0 Å². The number of rotatable bonds is 2. The fourth-order valence-corrected chi connectivity index (χ4v) is 2.63. The van der Waals surface area contributed by atoms with Crippen LogP contribution in [0.25, 0.3) is 10.4 Å². The van der Waals surface area contributed by atoms with E-state index in [0.717, 1.165) is 21.8 Å². The van der Waals surface area contributed by atoms with Crippen LogP contribution in [0.1, 0.15) is 0 Å². The van der Waals surface area contributed by atoms with Gasteiger partial charge < -0.3 is 16.4 Å². The Kier molecular flexibility index (Phi) is 2.75. The summed E-state index contributed by atoms with van der Waals surface area (Å²) in [4.78, 5) is 3.24. The Morgan fingerprint density at radius 2 is 1.88 bits per heavy atom. The van der Waals surface area contributed by atoms with E-state index in [0.29, 0.717) is 0 Å². The lowest BCUT2D eigenvalue weighted by Crippen LogP contribution is -2.08. The van der Waals surface area contributed by atoms with Crippen LogP contribution < -0.4 is 16.4 Å². The third-order valence-electron chi connectivity index (χ3n) is 2.45. The van der Waals surface area contributed by atoms with Crippen LogP contribution in [0.4, 0.5) is 17.1 Å². The summed E-state index contributed by atoms with van der Waals surface area (Å²) in [6.45, 7) is 0. The Morgan fingerprint density at radius 3 is 2.56 bits per heavy atom. The fourth-order valence-electron chi connectivity index (χ4n) is 1.63. The van der Waals surface area contributed by atoms with Crippen LogP contribution in [0, 0.1) is 0 Å². The van der Waals surface area contributed by atoms with Gasteiger partial charge in [0.05, 0.1) is 10.6 Å². The summed E-state index contributed by atoms with van der Waals surface area (Å²) in [5.41, 5.74) is 15.5. The highest BCUT2D eigenvalue weighted by molar-refractivity contribution is 7.14. The Bertz CT molecular complexity index is 503. The zero-order valence-corrected chi connectivity index (χ0v) is 10.2. The quantitative estimate of drug-likeness (QED) is 0.784. The predicted octanol–water partition coefficient (Wildman–Crippen LogP) is 2.65. The van der Waals surface area contributed by atoms with Crippen LogP contribution in [-0.4, -0.2) is 14.1 Å². The number of anilines is 3. The summed E-state index contributed by atoms with van der Waals surface area (Å²) in [6.07, 6.45) is 0.